The first kappa shape index (κ1) is 23.2. The second-order valence-corrected chi connectivity index (χ2v) is 6.99. The lowest BCUT2D eigenvalue weighted by atomic mass is 10.1. The summed E-state index contributed by atoms with van der Waals surface area (Å²) in [6.45, 7) is 4.31. The highest BCUT2D eigenvalue weighted by Gasteiger charge is 2.02. The van der Waals surface area contributed by atoms with Crippen molar-refractivity contribution in [3.63, 3.8) is 0 Å². The summed E-state index contributed by atoms with van der Waals surface area (Å²) >= 11 is 0. The van der Waals surface area contributed by atoms with Crippen LogP contribution in [0.3, 0.4) is 0 Å². The molecule has 0 aliphatic rings. The van der Waals surface area contributed by atoms with Crippen LogP contribution < -0.4 is 5.32 Å². The van der Waals surface area contributed by atoms with Crippen LogP contribution >= 0.6 is 0 Å². The molecule has 0 fully saturated rings. The van der Waals surface area contributed by atoms with Crippen molar-refractivity contribution in [2.75, 3.05) is 6.54 Å². The lowest BCUT2D eigenvalue weighted by Crippen LogP contribution is -2.30. The fraction of sp³-hybridized carbons (Fsp3) is 0.857. The van der Waals surface area contributed by atoms with Gasteiger partial charge in [0.05, 0.1) is 6.10 Å². The van der Waals surface area contributed by atoms with Gasteiger partial charge in [0.1, 0.15) is 0 Å². The van der Waals surface area contributed by atoms with Crippen LogP contribution in [0.15, 0.2) is 12.2 Å². The van der Waals surface area contributed by atoms with Crippen molar-refractivity contribution in [3.05, 3.63) is 12.2 Å². The molecule has 0 heterocycles. The molecule has 0 saturated heterocycles. The molecule has 0 unspecified atom stereocenters. The van der Waals surface area contributed by atoms with Crippen LogP contribution in [0.2, 0.25) is 0 Å². The van der Waals surface area contributed by atoms with Gasteiger partial charge in [-0.2, -0.15) is 0 Å². The number of unbranched alkanes of at least 4 members (excludes halogenated alkanes) is 11. The van der Waals surface area contributed by atoms with E-state index in [2.05, 4.69) is 24.4 Å². The smallest absolute Gasteiger partial charge is 0.220 e. The second-order valence-electron chi connectivity index (χ2n) is 6.99. The van der Waals surface area contributed by atoms with E-state index in [4.69, 9.17) is 5.11 Å². The summed E-state index contributed by atoms with van der Waals surface area (Å²) in [6, 6.07) is 0. The highest BCUT2D eigenvalue weighted by atomic mass is 16.3. The Morgan fingerprint density at radius 2 is 1.38 bits per heavy atom. The summed E-state index contributed by atoms with van der Waals surface area (Å²) in [5.74, 6) is 0.0635. The number of aliphatic hydroxyl groups is 1. The van der Waals surface area contributed by atoms with E-state index in [9.17, 15) is 4.79 Å². The Bertz CT molecular complexity index is 300. The topological polar surface area (TPSA) is 49.3 Å². The van der Waals surface area contributed by atoms with Gasteiger partial charge in [-0.25, -0.2) is 0 Å². The number of aliphatic hydroxyl groups excluding tert-OH is 1. The SMILES string of the molecule is CCCCCCCC/C=C\CCCCCCCC(=O)NC[C@@H](C)O. The number of nitrogens with one attached hydrogen (secondary N) is 1. The summed E-state index contributed by atoms with van der Waals surface area (Å²) in [5.41, 5.74) is 0. The lowest BCUT2D eigenvalue weighted by Gasteiger charge is -2.06. The third kappa shape index (κ3) is 19.2. The van der Waals surface area contributed by atoms with Gasteiger partial charge < -0.3 is 10.4 Å². The zero-order valence-electron chi connectivity index (χ0n) is 16.2. The van der Waals surface area contributed by atoms with Gasteiger partial charge >= 0.3 is 0 Å². The quantitative estimate of drug-likeness (QED) is 0.271. The largest absolute Gasteiger partial charge is 0.392 e. The molecule has 24 heavy (non-hydrogen) atoms. The monoisotopic (exact) mass is 339 g/mol. The first-order valence-electron chi connectivity index (χ1n) is 10.3. The standard InChI is InChI=1S/C21H41NO2/c1-3-4-5-6-7-8-9-10-11-12-13-14-15-16-17-18-21(24)22-19-20(2)23/h10-11,20,23H,3-9,12-19H2,1-2H3,(H,22,24)/b11-10-/t20-/m1/s1. The number of carbonyl (C=O) groups excluding carboxylic acids is 1. The van der Waals surface area contributed by atoms with E-state index in [1.165, 1.54) is 70.6 Å². The number of allylic oxidation sites excluding steroid dienone is 2. The Morgan fingerprint density at radius 1 is 0.875 bits per heavy atom. The minimum Gasteiger partial charge on any atom is -0.392 e. The Hall–Kier alpha value is -0.830. The molecule has 3 heteroatoms. The maximum atomic E-state index is 11.5. The summed E-state index contributed by atoms with van der Waals surface area (Å²) in [5, 5.41) is 11.8. The van der Waals surface area contributed by atoms with E-state index in [1.54, 1.807) is 6.92 Å². The molecule has 2 N–H and O–H groups in total. The molecule has 0 aliphatic carbocycles. The van der Waals surface area contributed by atoms with Crippen molar-refractivity contribution in [2.45, 2.75) is 110 Å². The van der Waals surface area contributed by atoms with Gasteiger partial charge in [-0.05, 0) is 39.0 Å². The molecular formula is C21H41NO2. The highest BCUT2D eigenvalue weighted by molar-refractivity contribution is 5.75. The molecule has 0 aliphatic heterocycles. The van der Waals surface area contributed by atoms with E-state index in [0.717, 1.165) is 12.8 Å². The number of amides is 1. The molecule has 0 aromatic rings. The maximum absolute atomic E-state index is 11.5. The van der Waals surface area contributed by atoms with E-state index < -0.39 is 6.10 Å². The first-order valence-corrected chi connectivity index (χ1v) is 10.3. The summed E-state index contributed by atoms with van der Waals surface area (Å²) in [7, 11) is 0. The van der Waals surface area contributed by atoms with Crippen LogP contribution in [0.25, 0.3) is 0 Å². The summed E-state index contributed by atoms with van der Waals surface area (Å²) < 4.78 is 0. The molecule has 3 nitrogen and oxygen atoms in total. The molecule has 0 rings (SSSR count). The first-order chi connectivity index (χ1) is 11.7. The van der Waals surface area contributed by atoms with Gasteiger partial charge in [0, 0.05) is 13.0 Å². The van der Waals surface area contributed by atoms with E-state index in [0.29, 0.717) is 13.0 Å². The van der Waals surface area contributed by atoms with Gasteiger partial charge in [-0.15, -0.1) is 0 Å². The van der Waals surface area contributed by atoms with Crippen molar-refractivity contribution in [1.29, 1.82) is 0 Å². The van der Waals surface area contributed by atoms with Crippen LogP contribution in [0, 0.1) is 0 Å². The van der Waals surface area contributed by atoms with Crippen LogP contribution in [0.5, 0.6) is 0 Å². The third-order valence-electron chi connectivity index (χ3n) is 4.26. The van der Waals surface area contributed by atoms with Gasteiger partial charge in [0.15, 0.2) is 0 Å². The van der Waals surface area contributed by atoms with Gasteiger partial charge in [0.2, 0.25) is 5.91 Å². The Morgan fingerprint density at radius 3 is 1.92 bits per heavy atom. The van der Waals surface area contributed by atoms with Crippen molar-refractivity contribution in [1.82, 2.24) is 5.32 Å². The van der Waals surface area contributed by atoms with E-state index in [1.807, 2.05) is 0 Å². The molecule has 0 aromatic heterocycles. The van der Waals surface area contributed by atoms with Crippen molar-refractivity contribution >= 4 is 5.91 Å². The molecule has 0 saturated carbocycles. The van der Waals surface area contributed by atoms with Crippen LogP contribution in [0.4, 0.5) is 0 Å². The average Bonchev–Trinajstić information content (AvgIpc) is 2.56. The number of carbonyl (C=O) groups is 1. The summed E-state index contributed by atoms with van der Waals surface area (Å²) in [4.78, 5) is 11.5. The number of rotatable bonds is 17. The lowest BCUT2D eigenvalue weighted by molar-refractivity contribution is -0.121. The zero-order valence-corrected chi connectivity index (χ0v) is 16.2. The molecule has 1 atom stereocenters. The fourth-order valence-electron chi connectivity index (χ4n) is 2.71. The van der Waals surface area contributed by atoms with Crippen molar-refractivity contribution in [3.8, 4) is 0 Å². The predicted molar refractivity (Wildman–Crippen MR) is 104 cm³/mol. The Kier molecular flexibility index (Phi) is 17.9. The molecule has 0 bridgehead atoms. The number of hydrogen-bond acceptors (Lipinski definition) is 2. The summed E-state index contributed by atoms with van der Waals surface area (Å²) in [6.07, 6.45) is 21.4. The maximum Gasteiger partial charge on any atom is 0.220 e. The predicted octanol–water partition coefficient (Wildman–Crippen LogP) is 5.52. The highest BCUT2D eigenvalue weighted by Crippen LogP contribution is 2.09. The number of hydrogen-bond donors (Lipinski definition) is 2. The molecule has 142 valence electrons. The van der Waals surface area contributed by atoms with E-state index >= 15 is 0 Å². The molecule has 0 spiro atoms. The molecule has 1 amide bonds. The zero-order chi connectivity index (χ0) is 17.9. The average molecular weight is 340 g/mol. The fourth-order valence-corrected chi connectivity index (χ4v) is 2.71. The molecule has 0 aromatic carbocycles. The Labute approximate surface area is 150 Å². The van der Waals surface area contributed by atoms with Crippen LogP contribution in [-0.2, 0) is 4.79 Å². The van der Waals surface area contributed by atoms with Crippen molar-refractivity contribution < 1.29 is 9.90 Å². The normalized spacial score (nSPS) is 12.6. The van der Waals surface area contributed by atoms with Crippen LogP contribution in [0.1, 0.15) is 104 Å². The Balaban J connectivity index is 3.19. The van der Waals surface area contributed by atoms with Gasteiger partial charge in [-0.1, -0.05) is 70.4 Å². The van der Waals surface area contributed by atoms with Gasteiger partial charge in [0.25, 0.3) is 0 Å². The third-order valence-corrected chi connectivity index (χ3v) is 4.26. The van der Waals surface area contributed by atoms with Crippen molar-refractivity contribution in [2.24, 2.45) is 0 Å². The molecule has 0 radical (unpaired) electrons. The minimum atomic E-state index is -0.455. The van der Waals surface area contributed by atoms with Gasteiger partial charge in [-0.3, -0.25) is 4.79 Å². The second kappa shape index (κ2) is 18.5. The van der Waals surface area contributed by atoms with Crippen LogP contribution in [-0.4, -0.2) is 23.7 Å². The molecular weight excluding hydrogens is 298 g/mol. The van der Waals surface area contributed by atoms with E-state index in [-0.39, 0.29) is 5.91 Å². The minimum absolute atomic E-state index is 0.0635.